The van der Waals surface area contributed by atoms with Crippen molar-refractivity contribution < 1.29 is 23.9 Å². The predicted molar refractivity (Wildman–Crippen MR) is 262 cm³/mol. The summed E-state index contributed by atoms with van der Waals surface area (Å²) < 4.78 is 12.4. The molecular formula is C44H42Br2N10O7S2. The van der Waals surface area contributed by atoms with Gasteiger partial charge in [-0.1, -0.05) is 52.4 Å². The molecule has 0 spiro atoms. The first-order valence-electron chi connectivity index (χ1n) is 19.3. The molecule has 0 aliphatic heterocycles. The Morgan fingerprint density at radius 1 is 0.723 bits per heavy atom. The lowest BCUT2D eigenvalue weighted by Gasteiger charge is -2.09. The fraction of sp³-hybridized carbons (Fsp3) is 0.159. The van der Waals surface area contributed by atoms with Gasteiger partial charge in [0.15, 0.2) is 5.78 Å². The summed E-state index contributed by atoms with van der Waals surface area (Å²) in [6.07, 6.45) is 5.60. The fourth-order valence-electron chi connectivity index (χ4n) is 5.44. The molecule has 7 aromatic rings. The van der Waals surface area contributed by atoms with Crippen LogP contribution >= 0.6 is 56.5 Å². The Morgan fingerprint density at radius 2 is 1.25 bits per heavy atom. The second-order valence-corrected chi connectivity index (χ2v) is 14.8. The van der Waals surface area contributed by atoms with Crippen molar-refractivity contribution in [2.24, 2.45) is 5.73 Å². The monoisotopic (exact) mass is 1040 g/mol. The Hall–Kier alpha value is -6.81. The number of alkyl halides is 1. The number of ether oxygens (including phenoxy) is 2. The highest BCUT2D eigenvalue weighted by Crippen LogP contribution is 2.27. The highest BCUT2D eigenvalue weighted by atomic mass is 79.9. The minimum absolute atomic E-state index is 0. The number of rotatable bonds is 13. The number of hydrogen-bond donors (Lipinski definition) is 3. The number of pyridine rings is 2. The van der Waals surface area contributed by atoms with E-state index >= 15 is 0 Å². The van der Waals surface area contributed by atoms with Crippen molar-refractivity contribution in [1.29, 1.82) is 0 Å². The van der Waals surface area contributed by atoms with E-state index in [0.717, 1.165) is 27.4 Å². The number of halogens is 2. The number of benzene rings is 2. The van der Waals surface area contributed by atoms with Gasteiger partial charge in [-0.2, -0.15) is 10.2 Å². The van der Waals surface area contributed by atoms with Crippen molar-refractivity contribution in [1.82, 2.24) is 34.5 Å². The molecule has 0 saturated carbocycles. The van der Waals surface area contributed by atoms with Gasteiger partial charge in [-0.25, -0.2) is 23.9 Å². The quantitative estimate of drug-likeness (QED) is 0.0570. The number of amides is 2. The van der Waals surface area contributed by atoms with Crippen LogP contribution in [0.25, 0.3) is 22.0 Å². The van der Waals surface area contributed by atoms with Crippen LogP contribution < -0.4 is 27.5 Å². The number of nitrogens with two attached hydrogens (primary N) is 1. The smallest absolute Gasteiger partial charge is 0.411 e. The van der Waals surface area contributed by atoms with Gasteiger partial charge < -0.3 is 15.2 Å². The van der Waals surface area contributed by atoms with Crippen molar-refractivity contribution in [3.05, 3.63) is 170 Å². The van der Waals surface area contributed by atoms with E-state index in [9.17, 15) is 24.0 Å². The normalized spacial score (nSPS) is 10.1. The average molecular weight is 1050 g/mol. The van der Waals surface area contributed by atoms with Crippen LogP contribution in [0.15, 0.2) is 137 Å². The Morgan fingerprint density at radius 3 is 1.77 bits per heavy atom. The summed E-state index contributed by atoms with van der Waals surface area (Å²) in [4.78, 5) is 70.8. The zero-order valence-corrected chi connectivity index (χ0v) is 39.8. The summed E-state index contributed by atoms with van der Waals surface area (Å²) in [6, 6.07) is 27.4. The third-order valence-corrected chi connectivity index (χ3v) is 9.95. The van der Waals surface area contributed by atoms with Gasteiger partial charge in [-0.3, -0.25) is 35.0 Å². The van der Waals surface area contributed by atoms with Crippen LogP contribution in [-0.2, 0) is 22.6 Å². The second kappa shape index (κ2) is 26.1. The van der Waals surface area contributed by atoms with Crippen LogP contribution in [0.2, 0.25) is 0 Å². The lowest BCUT2D eigenvalue weighted by atomic mass is 10.2. The van der Waals surface area contributed by atoms with Crippen LogP contribution in [0.3, 0.4) is 0 Å². The van der Waals surface area contributed by atoms with Gasteiger partial charge in [0.25, 0.3) is 11.1 Å². The van der Waals surface area contributed by atoms with Gasteiger partial charge in [0.05, 0.1) is 37.3 Å². The molecule has 0 saturated heterocycles. The first-order valence-corrected chi connectivity index (χ1v) is 21.7. The molecule has 17 nitrogen and oxygen atoms in total. The number of Topliss-reactive ketones (excluding diaryl/α,β-unsaturated/α-hetero) is 1. The molecule has 0 atom stereocenters. The molecule has 0 radical (unpaired) electrons. The van der Waals surface area contributed by atoms with E-state index in [1.807, 2.05) is 29.6 Å². The van der Waals surface area contributed by atoms with Gasteiger partial charge in [-0.15, -0.1) is 28.3 Å². The zero-order valence-electron chi connectivity index (χ0n) is 34.8. The molecule has 5 aromatic heterocycles. The van der Waals surface area contributed by atoms with E-state index < -0.39 is 12.2 Å². The summed E-state index contributed by atoms with van der Waals surface area (Å²) in [6.45, 7) is 4.53. The second-order valence-electron chi connectivity index (χ2n) is 13.0. The van der Waals surface area contributed by atoms with Gasteiger partial charge >= 0.3 is 12.2 Å². The van der Waals surface area contributed by atoms with Gasteiger partial charge in [0, 0.05) is 64.8 Å². The first-order chi connectivity index (χ1) is 31.0. The van der Waals surface area contributed by atoms with E-state index in [-0.39, 0.29) is 65.2 Å². The molecule has 21 heteroatoms. The van der Waals surface area contributed by atoms with E-state index in [0.29, 0.717) is 33.7 Å². The number of nitrogens with zero attached hydrogens (tertiary/aromatic N) is 7. The lowest BCUT2D eigenvalue weighted by Crippen LogP contribution is -2.26. The van der Waals surface area contributed by atoms with Crippen LogP contribution in [0.5, 0.6) is 0 Å². The molecule has 65 heavy (non-hydrogen) atoms. The molecule has 0 aliphatic rings. The SMILES string of the molecule is Br.CCOC(=O)Nc1cccc(Cn2nc(-c3nc(-c4ccncc4)cs3)ccc2=O)c1.CCOC(=O)Nc1cccc(Cn2nc(C(N)=S)ccc2=O)c1.O=C(CBr)c1ccncc1. The van der Waals surface area contributed by atoms with Gasteiger partial charge in [-0.05, 0) is 85.6 Å². The largest absolute Gasteiger partial charge is 0.450 e. The highest BCUT2D eigenvalue weighted by molar-refractivity contribution is 9.09. The number of aromatic nitrogens is 7. The van der Waals surface area contributed by atoms with Gasteiger partial charge in [0.2, 0.25) is 0 Å². The molecular weight excluding hydrogens is 1000 g/mol. The molecule has 7 rings (SSSR count). The van der Waals surface area contributed by atoms with Crippen molar-refractivity contribution in [3.8, 4) is 22.0 Å². The minimum Gasteiger partial charge on any atom is -0.450 e. The zero-order chi connectivity index (χ0) is 45.8. The van der Waals surface area contributed by atoms with Gasteiger partial charge in [0.1, 0.15) is 21.4 Å². The molecule has 0 bridgehead atoms. The van der Waals surface area contributed by atoms with Crippen molar-refractivity contribution >= 4 is 90.8 Å². The van der Waals surface area contributed by atoms with E-state index in [2.05, 4.69) is 51.7 Å². The van der Waals surface area contributed by atoms with Crippen LogP contribution in [0, 0.1) is 0 Å². The summed E-state index contributed by atoms with van der Waals surface area (Å²) >= 11 is 9.40. The van der Waals surface area contributed by atoms with E-state index in [1.54, 1.807) is 93.2 Å². The Kier molecular flexibility index (Phi) is 20.4. The maximum atomic E-state index is 12.4. The van der Waals surface area contributed by atoms with Crippen molar-refractivity contribution in [3.63, 3.8) is 0 Å². The molecule has 2 aromatic carbocycles. The number of carbonyl (C=O) groups is 3. The van der Waals surface area contributed by atoms with E-state index in [4.69, 9.17) is 27.4 Å². The maximum absolute atomic E-state index is 12.4. The number of thiocarbonyl (C=S) groups is 1. The molecule has 0 fully saturated rings. The first kappa shape index (κ1) is 50.8. The number of anilines is 2. The number of thiazole rings is 1. The maximum Gasteiger partial charge on any atom is 0.411 e. The highest BCUT2D eigenvalue weighted by Gasteiger charge is 2.12. The van der Waals surface area contributed by atoms with Crippen molar-refractivity contribution in [2.45, 2.75) is 26.9 Å². The summed E-state index contributed by atoms with van der Waals surface area (Å²) in [5, 5.41) is 16.9. The molecule has 336 valence electrons. The predicted octanol–water partition coefficient (Wildman–Crippen LogP) is 7.78. The molecule has 0 aliphatic carbocycles. The standard InChI is InChI=1S/C22H19N5O3S.C15H16N4O3S.C7H6BrNO.BrH/c1-2-30-22(29)24-17-5-3-4-15(12-17)13-27-20(28)7-6-18(26-27)21-25-19(14-31-21)16-8-10-23-11-9-16;1-2-22-15(21)17-11-5-3-4-10(8-11)9-19-13(20)7-6-12(18-19)14(16)23;8-5-7(10)6-1-3-9-4-2-6;/h3-12,14H,2,13H2,1H3,(H,24,29);3-8H,2,9H2,1H3,(H2,16,23)(H,17,21);1-4H,5H2;1H. The average Bonchev–Trinajstić information content (AvgIpc) is 3.80. The molecule has 0 unspecified atom stereocenters. The number of carbonyl (C=O) groups excluding carboxylic acids is 3. The topological polar surface area (TPSA) is 228 Å². The van der Waals surface area contributed by atoms with Crippen LogP contribution in [0.4, 0.5) is 21.0 Å². The van der Waals surface area contributed by atoms with E-state index in [1.165, 1.54) is 38.9 Å². The molecule has 5 heterocycles. The Bertz CT molecular complexity index is 2810. The number of ketones is 1. The number of hydrogen-bond acceptors (Lipinski definition) is 14. The number of nitrogens with one attached hydrogen (secondary N) is 2. The third kappa shape index (κ3) is 16.0. The Balaban J connectivity index is 0.000000238. The summed E-state index contributed by atoms with van der Waals surface area (Å²) in [7, 11) is 0. The summed E-state index contributed by atoms with van der Waals surface area (Å²) in [5.41, 5.74) is 11.3. The third-order valence-electron chi connectivity index (χ3n) is 8.37. The Labute approximate surface area is 401 Å². The van der Waals surface area contributed by atoms with Crippen molar-refractivity contribution in [2.75, 3.05) is 29.2 Å². The van der Waals surface area contributed by atoms with Crippen LogP contribution in [-0.4, -0.2) is 76.0 Å². The minimum atomic E-state index is -0.532. The molecule has 4 N–H and O–H groups in total. The van der Waals surface area contributed by atoms with Crippen LogP contribution in [0.1, 0.15) is 41.0 Å². The fourth-order valence-corrected chi connectivity index (χ4v) is 6.67. The summed E-state index contributed by atoms with van der Waals surface area (Å²) in [5.74, 6) is 0.0856. The molecule has 2 amide bonds. The lowest BCUT2D eigenvalue weighted by molar-refractivity contribution is 0.102.